The molecule has 0 saturated heterocycles. The molecule has 0 aromatic carbocycles. The van der Waals surface area contributed by atoms with E-state index in [1.807, 2.05) is 32.2 Å². The first-order chi connectivity index (χ1) is 8.74. The summed E-state index contributed by atoms with van der Waals surface area (Å²) < 4.78 is 11.7. The summed E-state index contributed by atoms with van der Waals surface area (Å²) in [6.45, 7) is 2.58. The van der Waals surface area contributed by atoms with Gasteiger partial charge in [0.2, 0.25) is 0 Å². The minimum absolute atomic E-state index is 0.0378. The van der Waals surface area contributed by atoms with Crippen molar-refractivity contribution in [2.45, 2.75) is 13.0 Å². The van der Waals surface area contributed by atoms with Crippen LogP contribution in [-0.2, 0) is 0 Å². The zero-order chi connectivity index (χ0) is 13.0. The molecule has 96 valence electrons. The summed E-state index contributed by atoms with van der Waals surface area (Å²) in [5.41, 5.74) is 1.00. The summed E-state index contributed by atoms with van der Waals surface area (Å²) in [7, 11) is 1.88. The Labute approximate surface area is 114 Å². The first-order valence-corrected chi connectivity index (χ1v) is 6.54. The Morgan fingerprint density at radius 3 is 2.89 bits per heavy atom. The maximum atomic E-state index is 5.58. The number of halogens is 1. The van der Waals surface area contributed by atoms with Crippen molar-refractivity contribution in [1.82, 2.24) is 10.3 Å². The van der Waals surface area contributed by atoms with Gasteiger partial charge in [0.15, 0.2) is 4.67 Å². The number of furan rings is 1. The lowest BCUT2D eigenvalue weighted by Gasteiger charge is -2.14. The Balaban J connectivity index is 2.29. The van der Waals surface area contributed by atoms with Gasteiger partial charge in [0.1, 0.15) is 11.5 Å². The number of pyridine rings is 1. The summed E-state index contributed by atoms with van der Waals surface area (Å²) in [5, 5.41) is 3.21. The molecule has 2 heterocycles. The van der Waals surface area contributed by atoms with Gasteiger partial charge in [0, 0.05) is 6.20 Å². The number of aromatic nitrogens is 1. The molecule has 0 radical (unpaired) electrons. The van der Waals surface area contributed by atoms with Crippen LogP contribution in [-0.4, -0.2) is 18.6 Å². The first-order valence-electron chi connectivity index (χ1n) is 5.74. The molecule has 4 nitrogen and oxygen atoms in total. The third-order valence-electron chi connectivity index (χ3n) is 2.55. The molecule has 0 spiro atoms. The Morgan fingerprint density at radius 2 is 2.28 bits per heavy atom. The van der Waals surface area contributed by atoms with Gasteiger partial charge in [-0.2, -0.15) is 0 Å². The summed E-state index contributed by atoms with van der Waals surface area (Å²) in [6.07, 6.45) is 3.51. The molecule has 1 atom stereocenters. The number of hydrogen-bond donors (Lipinski definition) is 1. The van der Waals surface area contributed by atoms with Crippen molar-refractivity contribution in [1.29, 1.82) is 0 Å². The highest BCUT2D eigenvalue weighted by Crippen LogP contribution is 2.27. The lowest BCUT2D eigenvalue weighted by molar-refractivity contribution is 0.338. The molecule has 1 unspecified atom stereocenters. The average Bonchev–Trinajstić information content (AvgIpc) is 2.78. The van der Waals surface area contributed by atoms with Gasteiger partial charge in [0.05, 0.1) is 18.8 Å². The molecule has 0 saturated carbocycles. The molecule has 2 rings (SSSR count). The lowest BCUT2D eigenvalue weighted by atomic mass is 10.1. The van der Waals surface area contributed by atoms with Crippen LogP contribution in [0.4, 0.5) is 0 Å². The Hall–Kier alpha value is -1.33. The molecule has 0 aliphatic carbocycles. The first kappa shape index (κ1) is 13.1. The molecule has 2 aromatic heterocycles. The van der Waals surface area contributed by atoms with Crippen molar-refractivity contribution < 1.29 is 9.15 Å². The van der Waals surface area contributed by atoms with E-state index in [9.17, 15) is 0 Å². The fourth-order valence-corrected chi connectivity index (χ4v) is 2.11. The van der Waals surface area contributed by atoms with Crippen LogP contribution in [0.3, 0.4) is 0 Å². The molecule has 0 aliphatic heterocycles. The van der Waals surface area contributed by atoms with Crippen LogP contribution in [0.2, 0.25) is 0 Å². The normalized spacial score (nSPS) is 12.4. The number of ether oxygens (including phenoxy) is 1. The quantitative estimate of drug-likeness (QED) is 0.921. The van der Waals surface area contributed by atoms with E-state index < -0.39 is 0 Å². The van der Waals surface area contributed by atoms with E-state index in [0.717, 1.165) is 17.1 Å². The van der Waals surface area contributed by atoms with Crippen LogP contribution in [0, 0.1) is 0 Å². The highest BCUT2D eigenvalue weighted by atomic mass is 79.9. The fourth-order valence-electron chi connectivity index (χ4n) is 1.80. The number of hydrogen-bond acceptors (Lipinski definition) is 4. The van der Waals surface area contributed by atoms with E-state index in [4.69, 9.17) is 9.15 Å². The molecule has 2 aromatic rings. The van der Waals surface area contributed by atoms with Crippen molar-refractivity contribution in [2.75, 3.05) is 13.7 Å². The maximum absolute atomic E-state index is 5.58. The molecule has 0 bridgehead atoms. The third kappa shape index (κ3) is 2.91. The monoisotopic (exact) mass is 310 g/mol. The van der Waals surface area contributed by atoms with Crippen molar-refractivity contribution in [2.24, 2.45) is 0 Å². The van der Waals surface area contributed by atoms with Crippen LogP contribution in [0.25, 0.3) is 0 Å². The van der Waals surface area contributed by atoms with Crippen LogP contribution < -0.4 is 10.1 Å². The highest BCUT2D eigenvalue weighted by Gasteiger charge is 2.16. The van der Waals surface area contributed by atoms with Crippen molar-refractivity contribution >= 4 is 15.9 Å². The number of nitrogens with one attached hydrogen (secondary N) is 1. The number of rotatable bonds is 5. The van der Waals surface area contributed by atoms with E-state index in [1.165, 1.54) is 0 Å². The molecule has 5 heteroatoms. The molecule has 1 N–H and O–H groups in total. The van der Waals surface area contributed by atoms with Crippen molar-refractivity contribution in [3.8, 4) is 5.75 Å². The predicted molar refractivity (Wildman–Crippen MR) is 72.7 cm³/mol. The molecular formula is C13H15BrN2O2. The van der Waals surface area contributed by atoms with Gasteiger partial charge in [-0.05, 0) is 53.7 Å². The zero-order valence-electron chi connectivity index (χ0n) is 10.3. The average molecular weight is 311 g/mol. The lowest BCUT2D eigenvalue weighted by Crippen LogP contribution is -2.17. The Morgan fingerprint density at radius 1 is 1.44 bits per heavy atom. The molecule has 0 amide bonds. The topological polar surface area (TPSA) is 47.3 Å². The molecule has 18 heavy (non-hydrogen) atoms. The van der Waals surface area contributed by atoms with Gasteiger partial charge in [-0.25, -0.2) is 0 Å². The zero-order valence-corrected chi connectivity index (χ0v) is 11.9. The molecule has 0 aliphatic rings. The largest absolute Gasteiger partial charge is 0.492 e. The van der Waals surface area contributed by atoms with E-state index in [-0.39, 0.29) is 6.04 Å². The number of nitrogens with zero attached hydrogens (tertiary/aromatic N) is 1. The van der Waals surface area contributed by atoms with Gasteiger partial charge in [-0.3, -0.25) is 4.98 Å². The van der Waals surface area contributed by atoms with E-state index in [0.29, 0.717) is 11.3 Å². The summed E-state index contributed by atoms with van der Waals surface area (Å²) >= 11 is 3.31. The van der Waals surface area contributed by atoms with Gasteiger partial charge in [0.25, 0.3) is 0 Å². The summed E-state index contributed by atoms with van der Waals surface area (Å²) in [5.74, 6) is 1.60. The Bertz CT molecular complexity index is 513. The smallest absolute Gasteiger partial charge is 0.169 e. The second-order valence-electron chi connectivity index (χ2n) is 3.75. The van der Waals surface area contributed by atoms with E-state index in [1.54, 1.807) is 12.4 Å². The minimum Gasteiger partial charge on any atom is -0.492 e. The standard InChI is InChI=1S/C13H15BrN2O2/c1-3-17-10-6-9(7-16-8-10)13(15-2)11-4-5-12(14)18-11/h4-8,13,15H,3H2,1-2H3. The van der Waals surface area contributed by atoms with Crippen LogP contribution in [0.5, 0.6) is 5.75 Å². The van der Waals surface area contributed by atoms with Gasteiger partial charge in [-0.1, -0.05) is 0 Å². The van der Waals surface area contributed by atoms with Gasteiger partial charge >= 0.3 is 0 Å². The third-order valence-corrected chi connectivity index (χ3v) is 2.97. The van der Waals surface area contributed by atoms with E-state index in [2.05, 4.69) is 26.2 Å². The van der Waals surface area contributed by atoms with Crippen molar-refractivity contribution in [3.63, 3.8) is 0 Å². The SMILES string of the molecule is CCOc1cncc(C(NC)c2ccc(Br)o2)c1. The summed E-state index contributed by atoms with van der Waals surface area (Å²) in [4.78, 5) is 4.19. The Kier molecular flexibility index (Phi) is 4.38. The van der Waals surface area contributed by atoms with Gasteiger partial charge < -0.3 is 14.5 Å². The molecular weight excluding hydrogens is 296 g/mol. The van der Waals surface area contributed by atoms with Gasteiger partial charge in [-0.15, -0.1) is 0 Å². The highest BCUT2D eigenvalue weighted by molar-refractivity contribution is 9.10. The van der Waals surface area contributed by atoms with Crippen LogP contribution in [0.1, 0.15) is 24.3 Å². The second kappa shape index (κ2) is 6.02. The maximum Gasteiger partial charge on any atom is 0.169 e. The molecule has 0 fully saturated rings. The fraction of sp³-hybridized carbons (Fsp3) is 0.308. The minimum atomic E-state index is -0.0378. The summed E-state index contributed by atoms with van der Waals surface area (Å²) in [6, 6.07) is 5.73. The van der Waals surface area contributed by atoms with E-state index >= 15 is 0 Å². The van der Waals surface area contributed by atoms with Crippen LogP contribution >= 0.6 is 15.9 Å². The van der Waals surface area contributed by atoms with Crippen molar-refractivity contribution in [3.05, 3.63) is 46.6 Å². The van der Waals surface area contributed by atoms with Crippen LogP contribution in [0.15, 0.2) is 39.7 Å². The predicted octanol–water partition coefficient (Wildman–Crippen LogP) is 3.14. The second-order valence-corrected chi connectivity index (χ2v) is 4.53.